The van der Waals surface area contributed by atoms with Gasteiger partial charge in [-0.25, -0.2) is 8.78 Å². The molecule has 1 aliphatic carbocycles. The molecule has 1 heterocycles. The molecule has 172 valence electrons. The van der Waals surface area contributed by atoms with Gasteiger partial charge in [0.05, 0.1) is 11.3 Å². The number of nitrogens with zero attached hydrogens (tertiary/aromatic N) is 1. The summed E-state index contributed by atoms with van der Waals surface area (Å²) in [5.41, 5.74) is -0.384. The predicted octanol–water partition coefficient (Wildman–Crippen LogP) is 5.76. The molecule has 1 aromatic rings. The van der Waals surface area contributed by atoms with Gasteiger partial charge in [0.2, 0.25) is 5.92 Å². The number of carbonyl (C=O) groups excluding carboxylic acids is 1. The number of aromatic nitrogens is 1. The molecule has 31 heavy (non-hydrogen) atoms. The average molecular weight is 455 g/mol. The van der Waals surface area contributed by atoms with Crippen molar-refractivity contribution in [1.29, 1.82) is 0 Å². The Morgan fingerprint density at radius 3 is 2.29 bits per heavy atom. The van der Waals surface area contributed by atoms with E-state index in [2.05, 4.69) is 23.5 Å². The number of amides is 1. The molecular weight excluding hydrogens is 422 g/mol. The molecule has 2 rings (SSSR count). The molecule has 0 spiro atoms. The van der Waals surface area contributed by atoms with Crippen LogP contribution in [0.25, 0.3) is 0 Å². The van der Waals surface area contributed by atoms with Gasteiger partial charge >= 0.3 is 0 Å². The number of nitrogens with one attached hydrogen (secondary N) is 1. The molecule has 0 atom stereocenters. The van der Waals surface area contributed by atoms with E-state index >= 15 is 0 Å². The highest BCUT2D eigenvalue weighted by atomic mass is 35.5. The smallest absolute Gasteiger partial charge is 0.252 e. The van der Waals surface area contributed by atoms with Gasteiger partial charge < -0.3 is 10.4 Å². The van der Waals surface area contributed by atoms with Crippen LogP contribution in [-0.2, 0) is 15.8 Å². The summed E-state index contributed by atoms with van der Waals surface area (Å²) in [5, 5.41) is 13.0. The Labute approximate surface area is 189 Å². The third-order valence-corrected chi connectivity index (χ3v) is 5.55. The zero-order chi connectivity index (χ0) is 23.9. The fourth-order valence-electron chi connectivity index (χ4n) is 3.48. The summed E-state index contributed by atoms with van der Waals surface area (Å²) in [4.78, 5) is 16.9. The van der Waals surface area contributed by atoms with E-state index in [1.807, 2.05) is 13.8 Å². The van der Waals surface area contributed by atoms with Crippen molar-refractivity contribution in [3.63, 3.8) is 0 Å². The van der Waals surface area contributed by atoms with Gasteiger partial charge in [-0.2, -0.15) is 0 Å². The highest BCUT2D eigenvalue weighted by Gasteiger charge is 2.44. The second-order valence-corrected chi connectivity index (χ2v) is 8.49. The molecule has 0 radical (unpaired) electrons. The van der Waals surface area contributed by atoms with E-state index in [4.69, 9.17) is 11.6 Å². The van der Waals surface area contributed by atoms with E-state index in [0.29, 0.717) is 5.69 Å². The van der Waals surface area contributed by atoms with Crippen molar-refractivity contribution in [3.8, 4) is 0 Å². The molecule has 1 amide bonds. The van der Waals surface area contributed by atoms with Crippen molar-refractivity contribution in [1.82, 2.24) is 10.3 Å². The third kappa shape index (κ3) is 7.25. The van der Waals surface area contributed by atoms with Crippen LogP contribution in [0.5, 0.6) is 0 Å². The molecule has 1 fully saturated rings. The number of pyridine rings is 1. The Morgan fingerprint density at radius 2 is 1.87 bits per heavy atom. The zero-order valence-electron chi connectivity index (χ0n) is 18.8. The molecule has 4 nitrogen and oxygen atoms in total. The van der Waals surface area contributed by atoms with Crippen LogP contribution in [-0.4, -0.2) is 28.5 Å². The monoisotopic (exact) mass is 454 g/mol. The standard InChI is InChI=1S/C22H27ClF2N2O2.C2H6/c1-5-6-17(15(2)23)19(28)27-14-21(9-11-22(24,25)12-10-21)16-7-8-18(26-13-16)20(3,4)29;1-2/h5-8,13,29H,1-2,9-12,14H2,3-4H3,(H,27,28);1-2H3/b17-6+;. The molecule has 1 saturated carbocycles. The molecule has 0 aliphatic heterocycles. The van der Waals surface area contributed by atoms with Crippen LogP contribution in [0.4, 0.5) is 8.78 Å². The van der Waals surface area contributed by atoms with Crippen molar-refractivity contribution >= 4 is 17.5 Å². The Morgan fingerprint density at radius 1 is 1.29 bits per heavy atom. The number of rotatable bonds is 7. The minimum Gasteiger partial charge on any atom is -0.384 e. The summed E-state index contributed by atoms with van der Waals surface area (Å²) in [5.74, 6) is -3.16. The minimum absolute atomic E-state index is 0.0721. The van der Waals surface area contributed by atoms with Crippen LogP contribution < -0.4 is 5.32 Å². The molecule has 7 heteroatoms. The second kappa shape index (κ2) is 11.0. The van der Waals surface area contributed by atoms with Crippen molar-refractivity contribution in [3.05, 3.63) is 65.5 Å². The van der Waals surface area contributed by atoms with Crippen LogP contribution in [0.3, 0.4) is 0 Å². The Balaban J connectivity index is 0.00000233. The first-order valence-electron chi connectivity index (χ1n) is 10.4. The third-order valence-electron chi connectivity index (χ3n) is 5.35. The van der Waals surface area contributed by atoms with E-state index in [1.165, 1.54) is 12.2 Å². The van der Waals surface area contributed by atoms with E-state index in [9.17, 15) is 18.7 Å². The van der Waals surface area contributed by atoms with Gasteiger partial charge in [0.25, 0.3) is 5.91 Å². The van der Waals surface area contributed by atoms with Gasteiger partial charge in [-0.05, 0) is 44.4 Å². The number of alkyl halides is 2. The largest absolute Gasteiger partial charge is 0.384 e. The van der Waals surface area contributed by atoms with Crippen LogP contribution >= 0.6 is 11.6 Å². The lowest BCUT2D eigenvalue weighted by Gasteiger charge is -2.40. The summed E-state index contributed by atoms with van der Waals surface area (Å²) in [6.07, 6.45) is 4.34. The quantitative estimate of drug-likeness (QED) is 0.406. The first-order chi connectivity index (χ1) is 14.4. The van der Waals surface area contributed by atoms with Gasteiger partial charge in [0.1, 0.15) is 5.60 Å². The van der Waals surface area contributed by atoms with Gasteiger partial charge in [0.15, 0.2) is 0 Å². The summed E-state index contributed by atoms with van der Waals surface area (Å²) in [6, 6.07) is 3.48. The number of allylic oxidation sites excluding steroid dienone is 2. The lowest BCUT2D eigenvalue weighted by Crippen LogP contribution is -2.45. The van der Waals surface area contributed by atoms with E-state index in [1.54, 1.807) is 32.2 Å². The van der Waals surface area contributed by atoms with Crippen molar-refractivity contribution < 1.29 is 18.7 Å². The van der Waals surface area contributed by atoms with Crippen molar-refractivity contribution in [2.45, 2.75) is 70.3 Å². The number of carbonyl (C=O) groups is 1. The molecule has 0 unspecified atom stereocenters. The van der Waals surface area contributed by atoms with Crippen LogP contribution in [0.2, 0.25) is 0 Å². The van der Waals surface area contributed by atoms with Crippen LogP contribution in [0, 0.1) is 0 Å². The SMILES string of the molecule is C=C/C=C(\C(=C)Cl)C(=O)NCC1(c2ccc(C(C)(C)O)nc2)CCC(F)(F)CC1.CC. The number of hydrogen-bond acceptors (Lipinski definition) is 3. The summed E-state index contributed by atoms with van der Waals surface area (Å²) >= 11 is 5.88. The Bertz CT molecular complexity index is 802. The fourth-order valence-corrected chi connectivity index (χ4v) is 3.63. The Kier molecular flexibility index (Phi) is 9.58. The summed E-state index contributed by atoms with van der Waals surface area (Å²) in [7, 11) is 0. The first kappa shape index (κ1) is 27.0. The lowest BCUT2D eigenvalue weighted by atomic mass is 9.68. The Hall–Kier alpha value is -2.05. The van der Waals surface area contributed by atoms with Crippen LogP contribution in [0.1, 0.15) is 64.6 Å². The van der Waals surface area contributed by atoms with E-state index in [0.717, 1.165) is 5.56 Å². The normalized spacial score (nSPS) is 17.7. The molecule has 1 aliphatic rings. The summed E-state index contributed by atoms with van der Waals surface area (Å²) in [6.45, 7) is 14.5. The van der Waals surface area contributed by atoms with Crippen LogP contribution in [0.15, 0.2) is 54.2 Å². The summed E-state index contributed by atoms with van der Waals surface area (Å²) < 4.78 is 27.7. The van der Waals surface area contributed by atoms with E-state index in [-0.39, 0.29) is 42.8 Å². The maximum Gasteiger partial charge on any atom is 0.252 e. The molecule has 2 N–H and O–H groups in total. The fraction of sp³-hybridized carbons (Fsp3) is 0.500. The van der Waals surface area contributed by atoms with Gasteiger partial charge in [-0.3, -0.25) is 9.78 Å². The number of aliphatic hydroxyl groups is 1. The molecular formula is C24H33ClF2N2O2. The highest BCUT2D eigenvalue weighted by molar-refractivity contribution is 6.35. The lowest BCUT2D eigenvalue weighted by molar-refractivity contribution is -0.117. The predicted molar refractivity (Wildman–Crippen MR) is 122 cm³/mol. The number of hydrogen-bond donors (Lipinski definition) is 2. The molecule has 0 bridgehead atoms. The van der Waals surface area contributed by atoms with Gasteiger partial charge in [-0.15, -0.1) is 0 Å². The maximum atomic E-state index is 13.8. The number of halogens is 3. The molecule has 1 aromatic heterocycles. The highest BCUT2D eigenvalue weighted by Crippen LogP contribution is 2.45. The average Bonchev–Trinajstić information content (AvgIpc) is 2.72. The minimum atomic E-state index is -2.72. The zero-order valence-corrected chi connectivity index (χ0v) is 19.5. The maximum absolute atomic E-state index is 13.8. The van der Waals surface area contributed by atoms with E-state index < -0.39 is 22.8 Å². The first-order valence-corrected chi connectivity index (χ1v) is 10.8. The van der Waals surface area contributed by atoms with Crippen molar-refractivity contribution in [2.75, 3.05) is 6.54 Å². The second-order valence-electron chi connectivity index (χ2n) is 8.03. The van der Waals surface area contributed by atoms with Gasteiger partial charge in [-0.1, -0.05) is 50.7 Å². The van der Waals surface area contributed by atoms with Gasteiger partial charge in [0, 0.05) is 36.0 Å². The van der Waals surface area contributed by atoms with Crippen molar-refractivity contribution in [2.24, 2.45) is 0 Å². The molecule has 0 aromatic carbocycles. The molecule has 0 saturated heterocycles. The topological polar surface area (TPSA) is 62.2 Å².